The van der Waals surface area contributed by atoms with Gasteiger partial charge in [-0.15, -0.1) is 13.2 Å². The fourth-order valence-corrected chi connectivity index (χ4v) is 4.90. The van der Waals surface area contributed by atoms with Gasteiger partial charge in [0.2, 0.25) is 0 Å². The van der Waals surface area contributed by atoms with Crippen molar-refractivity contribution >= 4 is 41.0 Å². The highest BCUT2D eigenvalue weighted by atomic mass is 19.4. The van der Waals surface area contributed by atoms with Crippen LogP contribution < -0.4 is 25.3 Å². The van der Waals surface area contributed by atoms with Gasteiger partial charge in [0.1, 0.15) is 52.1 Å². The van der Waals surface area contributed by atoms with Crippen molar-refractivity contribution in [3.8, 4) is 23.0 Å². The van der Waals surface area contributed by atoms with E-state index in [4.69, 9.17) is 19.9 Å². The number of aromatic nitrogens is 1. The molecule has 1 heterocycles. The van der Waals surface area contributed by atoms with E-state index in [9.17, 15) is 22.8 Å². The number of alkyl halides is 3. The van der Waals surface area contributed by atoms with Crippen LogP contribution in [-0.2, 0) is 4.74 Å². The molecule has 3 aromatic rings. The van der Waals surface area contributed by atoms with Gasteiger partial charge in [-0.05, 0) is 73.6 Å². The molecule has 0 aliphatic heterocycles. The highest BCUT2D eigenvalue weighted by Gasteiger charge is 2.32. The van der Waals surface area contributed by atoms with Gasteiger partial charge in [0.15, 0.2) is 11.5 Å². The van der Waals surface area contributed by atoms with Crippen molar-refractivity contribution in [1.82, 2.24) is 4.98 Å². The summed E-state index contributed by atoms with van der Waals surface area (Å²) in [5.74, 6) is -3.64. The minimum Gasteiger partial charge on any atom is -0.510 e. The number of primary amides is 1. The standard InChI is InChI=1S/C28H30B3F4N3O6/c1-41-17-4-2-14(3-5-17)15-10-19(32)24(26(40)38-16-8-9-37-20(12-16)25(36)39)23(11-15)42-21-7-6-18(43-28(33,34)35)13-22(21)44-27(29,30)31/h6-14,17H,2-5,29-31H2,1H3,(H2,36,39)(H,37,38,40). The highest BCUT2D eigenvalue weighted by Crippen LogP contribution is 2.42. The number of halogens is 4. The Morgan fingerprint density at radius 2 is 1.66 bits per heavy atom. The van der Waals surface area contributed by atoms with E-state index in [1.165, 1.54) is 36.5 Å². The van der Waals surface area contributed by atoms with E-state index >= 15 is 4.39 Å². The Bertz CT molecular complexity index is 1530. The summed E-state index contributed by atoms with van der Waals surface area (Å²) >= 11 is 0. The van der Waals surface area contributed by atoms with Crippen molar-refractivity contribution in [1.29, 1.82) is 0 Å². The van der Waals surface area contributed by atoms with Crippen molar-refractivity contribution in [3.05, 3.63) is 71.3 Å². The number of hydrogen-bond acceptors (Lipinski definition) is 7. The van der Waals surface area contributed by atoms with Gasteiger partial charge >= 0.3 is 6.36 Å². The number of nitrogens with zero attached hydrogens (tertiary/aromatic N) is 1. The highest BCUT2D eigenvalue weighted by molar-refractivity contribution is 6.58. The molecule has 0 bridgehead atoms. The van der Waals surface area contributed by atoms with E-state index in [-0.39, 0.29) is 40.7 Å². The number of ether oxygens (including phenoxy) is 4. The third kappa shape index (κ3) is 8.68. The average Bonchev–Trinajstić information content (AvgIpc) is 2.92. The molecule has 16 heteroatoms. The largest absolute Gasteiger partial charge is 0.573 e. The maximum Gasteiger partial charge on any atom is 0.573 e. The molecule has 1 fully saturated rings. The van der Waals surface area contributed by atoms with Crippen molar-refractivity contribution in [2.75, 3.05) is 12.4 Å². The molecule has 230 valence electrons. The van der Waals surface area contributed by atoms with Crippen LogP contribution in [0.2, 0.25) is 0 Å². The number of rotatable bonds is 10. The Morgan fingerprint density at radius 3 is 2.27 bits per heavy atom. The van der Waals surface area contributed by atoms with Crippen LogP contribution in [0.1, 0.15) is 58.0 Å². The normalized spacial score (nSPS) is 17.0. The molecule has 1 aromatic heterocycles. The first-order valence-corrected chi connectivity index (χ1v) is 13.8. The molecule has 0 spiro atoms. The number of nitrogens with one attached hydrogen (secondary N) is 1. The molecule has 9 nitrogen and oxygen atoms in total. The van der Waals surface area contributed by atoms with Crippen molar-refractivity contribution in [2.45, 2.75) is 49.4 Å². The van der Waals surface area contributed by atoms with Gasteiger partial charge in [-0.2, -0.15) is 0 Å². The van der Waals surface area contributed by atoms with Gasteiger partial charge in [0.25, 0.3) is 11.8 Å². The number of benzene rings is 2. The van der Waals surface area contributed by atoms with Crippen molar-refractivity contribution < 1.29 is 46.1 Å². The lowest BCUT2D eigenvalue weighted by molar-refractivity contribution is -0.274. The molecule has 2 amide bonds. The number of anilines is 1. The van der Waals surface area contributed by atoms with Crippen molar-refractivity contribution in [2.24, 2.45) is 5.73 Å². The summed E-state index contributed by atoms with van der Waals surface area (Å²) in [6, 6.07) is 8.64. The van der Waals surface area contributed by atoms with Crippen LogP contribution in [0.4, 0.5) is 23.2 Å². The monoisotopic (exact) mass is 613 g/mol. The molecule has 0 saturated heterocycles. The summed E-state index contributed by atoms with van der Waals surface area (Å²) in [6.45, 7) is 0. The second-order valence-corrected chi connectivity index (χ2v) is 11.3. The quantitative estimate of drug-likeness (QED) is 0.267. The Labute approximate surface area is 254 Å². The van der Waals surface area contributed by atoms with Gasteiger partial charge in [-0.1, -0.05) is 0 Å². The third-order valence-electron chi connectivity index (χ3n) is 6.84. The minimum absolute atomic E-state index is 0.0541. The zero-order valence-electron chi connectivity index (χ0n) is 24.6. The second kappa shape index (κ2) is 13.2. The van der Waals surface area contributed by atoms with Gasteiger partial charge in [-0.3, -0.25) is 14.6 Å². The molecular weight excluding hydrogens is 583 g/mol. The smallest absolute Gasteiger partial charge is 0.510 e. The van der Waals surface area contributed by atoms with E-state index < -0.39 is 40.6 Å². The fourth-order valence-electron chi connectivity index (χ4n) is 4.90. The van der Waals surface area contributed by atoms with Crippen LogP contribution in [0.25, 0.3) is 0 Å². The van der Waals surface area contributed by atoms with Crippen molar-refractivity contribution in [3.63, 3.8) is 0 Å². The lowest BCUT2D eigenvalue weighted by atomic mass is 9.52. The van der Waals surface area contributed by atoms with Gasteiger partial charge in [0.05, 0.1) is 6.10 Å². The molecule has 2 aromatic carbocycles. The molecule has 1 aliphatic carbocycles. The molecule has 3 N–H and O–H groups in total. The summed E-state index contributed by atoms with van der Waals surface area (Å²) in [5, 5.41) is 1.65. The van der Waals surface area contributed by atoms with E-state index in [0.29, 0.717) is 18.4 Å². The summed E-state index contributed by atoms with van der Waals surface area (Å²) in [6.07, 6.45) is -0.672. The molecule has 0 unspecified atom stereocenters. The van der Waals surface area contributed by atoms with Crippen LogP contribution >= 0.6 is 0 Å². The Hall–Kier alpha value is -4.20. The zero-order valence-corrected chi connectivity index (χ0v) is 24.6. The van der Waals surface area contributed by atoms with Crippen LogP contribution in [0.3, 0.4) is 0 Å². The Morgan fingerprint density at radius 1 is 0.955 bits per heavy atom. The molecular formula is C28H30B3F4N3O6. The average molecular weight is 613 g/mol. The SMILES string of the molecule is BC(B)(B)Oc1cc(OC(F)(F)F)ccc1Oc1cc(C2CCC(OC)CC2)cc(F)c1C(=O)Nc1ccnc(C(N)=O)c1. The zero-order chi connectivity index (χ0) is 32.2. The summed E-state index contributed by atoms with van der Waals surface area (Å²) in [5.41, 5.74) is 5.39. The molecule has 1 aliphatic rings. The van der Waals surface area contributed by atoms with Crippen LogP contribution in [0.15, 0.2) is 48.7 Å². The number of amides is 2. The fraction of sp³-hybridized carbons (Fsp3) is 0.321. The second-order valence-electron chi connectivity index (χ2n) is 11.3. The van der Waals surface area contributed by atoms with E-state index in [1.54, 1.807) is 30.6 Å². The van der Waals surface area contributed by atoms with E-state index in [1.807, 2.05) is 0 Å². The summed E-state index contributed by atoms with van der Waals surface area (Å²) in [4.78, 5) is 28.8. The number of carbonyl (C=O) groups is 2. The predicted octanol–water partition coefficient (Wildman–Crippen LogP) is 2.82. The summed E-state index contributed by atoms with van der Waals surface area (Å²) < 4.78 is 76.1. The minimum atomic E-state index is -4.95. The first-order chi connectivity index (χ1) is 20.6. The van der Waals surface area contributed by atoms with Gasteiger partial charge < -0.3 is 30.0 Å². The number of methoxy groups -OCH3 is 1. The predicted molar refractivity (Wildman–Crippen MR) is 161 cm³/mol. The molecule has 4 rings (SSSR count). The number of nitrogens with two attached hydrogens (primary N) is 1. The van der Waals surface area contributed by atoms with Crippen LogP contribution in [0.5, 0.6) is 23.0 Å². The van der Waals surface area contributed by atoms with Crippen LogP contribution in [0, 0.1) is 5.82 Å². The van der Waals surface area contributed by atoms with Gasteiger partial charge in [-0.25, -0.2) is 4.39 Å². The Balaban J connectivity index is 1.77. The van der Waals surface area contributed by atoms with Gasteiger partial charge in [0, 0.05) is 30.4 Å². The first-order valence-electron chi connectivity index (χ1n) is 13.8. The molecule has 0 atom stereocenters. The van der Waals surface area contributed by atoms with E-state index in [2.05, 4.69) is 15.0 Å². The number of carbonyl (C=O) groups excluding carboxylic acids is 2. The third-order valence-corrected chi connectivity index (χ3v) is 6.84. The first kappa shape index (κ1) is 32.7. The molecule has 44 heavy (non-hydrogen) atoms. The topological polar surface area (TPSA) is 122 Å². The van der Waals surface area contributed by atoms with Crippen LogP contribution in [-0.4, -0.2) is 65.2 Å². The lowest BCUT2D eigenvalue weighted by Crippen LogP contribution is -2.37. The number of pyridine rings is 1. The lowest BCUT2D eigenvalue weighted by Gasteiger charge is -2.28. The maximum absolute atomic E-state index is 15.9. The summed E-state index contributed by atoms with van der Waals surface area (Å²) in [7, 11) is 6.68. The molecule has 0 radical (unpaired) electrons. The molecule has 1 saturated carbocycles. The maximum atomic E-state index is 15.9. The Kier molecular flexibility index (Phi) is 9.82. The van der Waals surface area contributed by atoms with E-state index in [0.717, 1.165) is 25.0 Å². The number of hydrogen-bond donors (Lipinski definition) is 2.